The van der Waals surface area contributed by atoms with Gasteiger partial charge in [-0.3, -0.25) is 38.2 Å². The van der Waals surface area contributed by atoms with Gasteiger partial charge in [0.25, 0.3) is 38.7 Å². The molecular formula is C25H37N10O19P3S-2. The second kappa shape index (κ2) is 17.4. The van der Waals surface area contributed by atoms with Crippen molar-refractivity contribution in [2.75, 3.05) is 37.9 Å². The number of fused-ring (bicyclic) bond motifs is 2. The van der Waals surface area contributed by atoms with Crippen molar-refractivity contribution in [1.29, 1.82) is 0 Å². The SMILES string of the molecule is C.Cn1c[n+](C2O[C@H](COP(=O)([O-])OCC(COP(=O)([O-])OCC3O[C@@H]([n+]4c[nH]c5c(=O)[nH]c(N)nc54)[C@H](O)[C@@H]3O)OP([O-])([O-])=S)[C@@H](O)[C@H]2O)c2nc(N)[nH]c(=O)c21. The molecule has 29 nitrogen and oxygen atoms in total. The number of aromatic amines is 3. The zero-order valence-corrected chi connectivity index (χ0v) is 32.2. The number of nitrogens with two attached hydrogens (primary N) is 2. The molecule has 5 unspecified atom stereocenters. The number of imidazole rings is 2. The van der Waals surface area contributed by atoms with Crippen LogP contribution >= 0.6 is 22.4 Å². The first-order chi connectivity index (χ1) is 26.5. The van der Waals surface area contributed by atoms with Gasteiger partial charge < -0.3 is 83.6 Å². The first-order valence-corrected chi connectivity index (χ1v) is 21.5. The fourth-order valence-corrected chi connectivity index (χ4v) is 8.24. The summed E-state index contributed by atoms with van der Waals surface area (Å²) in [4.78, 5) is 88.1. The molecule has 4 aromatic rings. The summed E-state index contributed by atoms with van der Waals surface area (Å²) in [6, 6.07) is 0. The Morgan fingerprint density at radius 2 is 1.33 bits per heavy atom. The topological polar surface area (TPSA) is 444 Å². The molecule has 0 bridgehead atoms. The summed E-state index contributed by atoms with van der Waals surface area (Å²) >= 11 is 4.16. The Bertz CT molecular complexity index is 2390. The summed E-state index contributed by atoms with van der Waals surface area (Å²) in [6.07, 6.45) is -12.4. The van der Waals surface area contributed by atoms with Crippen LogP contribution in [0, 0.1) is 0 Å². The lowest BCUT2D eigenvalue weighted by Gasteiger charge is -2.39. The first-order valence-electron chi connectivity index (χ1n) is 16.0. The first kappa shape index (κ1) is 45.9. The predicted molar refractivity (Wildman–Crippen MR) is 184 cm³/mol. The van der Waals surface area contributed by atoms with Crippen molar-refractivity contribution in [2.45, 2.75) is 62.6 Å². The van der Waals surface area contributed by atoms with Crippen LogP contribution in [0.4, 0.5) is 11.9 Å². The van der Waals surface area contributed by atoms with E-state index in [4.69, 9.17) is 30.0 Å². The molecule has 11 atom stereocenters. The number of ether oxygens (including phenoxy) is 2. The van der Waals surface area contributed by atoms with Crippen molar-refractivity contribution >= 4 is 68.4 Å². The lowest BCUT2D eigenvalue weighted by molar-refractivity contribution is -0.746. The number of H-pyrrole nitrogens is 3. The van der Waals surface area contributed by atoms with Crippen LogP contribution < -0.4 is 51.3 Å². The van der Waals surface area contributed by atoms with E-state index in [2.05, 4.69) is 50.3 Å². The smallest absolute Gasteiger partial charge is 0.313 e. The standard InChI is InChI=1S/C24H35N10O19P3S.CH4/c1-32-7-34(18-12(32)20(40)31-24(26)29-18)22-16(38)14(36)10(52-22)5-50-55(43,44)48-3-8(53-56(45,46)57)2-47-54(41,42)49-4-9-13(35)15(37)21(51-9)33-6-27-11-17(33)28-23(25)30-19(11)39;/h6-10,13-16,21-22,35-38H,2-5H2,1H3,(H9-,25,26,28,29,30,31,39,40,41,42,43,44,45,46,57);1H4/p-2/t8?,9?,10-,13-,14-,15-,16-,21-,22?;/m1./s1. The van der Waals surface area contributed by atoms with Gasteiger partial charge in [-0.05, 0) is 0 Å². The van der Waals surface area contributed by atoms with Crippen LogP contribution in [0.3, 0.4) is 0 Å². The Morgan fingerprint density at radius 1 is 0.845 bits per heavy atom. The summed E-state index contributed by atoms with van der Waals surface area (Å²) in [5, 5.41) is 42.3. The van der Waals surface area contributed by atoms with E-state index in [1.54, 1.807) is 0 Å². The number of nitrogens with one attached hydrogen (secondary N) is 3. The molecule has 0 spiro atoms. The van der Waals surface area contributed by atoms with Crippen molar-refractivity contribution in [3.8, 4) is 0 Å². The highest BCUT2D eigenvalue weighted by molar-refractivity contribution is 8.05. The third-order valence-electron chi connectivity index (χ3n) is 8.43. The van der Waals surface area contributed by atoms with Gasteiger partial charge in [0, 0.05) is 0 Å². The van der Waals surface area contributed by atoms with Crippen molar-refractivity contribution in [1.82, 2.24) is 29.5 Å². The number of aliphatic hydroxyl groups is 4. The van der Waals surface area contributed by atoms with Crippen molar-refractivity contribution in [2.24, 2.45) is 7.05 Å². The highest BCUT2D eigenvalue weighted by Gasteiger charge is 2.48. The van der Waals surface area contributed by atoms with E-state index >= 15 is 0 Å². The predicted octanol–water partition coefficient (Wildman–Crippen LogP) is -7.53. The summed E-state index contributed by atoms with van der Waals surface area (Å²) in [6.45, 7) is -9.61. The van der Waals surface area contributed by atoms with Crippen LogP contribution in [0.25, 0.3) is 22.3 Å². The molecule has 0 aromatic carbocycles. The van der Waals surface area contributed by atoms with Crippen LogP contribution in [0.15, 0.2) is 22.2 Å². The van der Waals surface area contributed by atoms with Gasteiger partial charge in [0.15, 0.2) is 12.7 Å². The van der Waals surface area contributed by atoms with E-state index in [1.165, 1.54) is 28.8 Å². The number of rotatable bonds is 16. The van der Waals surface area contributed by atoms with Gasteiger partial charge >= 0.3 is 11.3 Å². The number of aliphatic hydroxyl groups excluding tert-OH is 4. The van der Waals surface area contributed by atoms with Crippen LogP contribution in [0.2, 0.25) is 0 Å². The van der Waals surface area contributed by atoms with E-state index in [0.29, 0.717) is 0 Å². The highest BCUT2D eigenvalue weighted by Crippen LogP contribution is 2.43. The molecule has 2 fully saturated rings. The summed E-state index contributed by atoms with van der Waals surface area (Å²) in [5.74, 6) is -0.551. The fraction of sp³-hybridized carbons (Fsp3) is 0.600. The summed E-state index contributed by atoms with van der Waals surface area (Å²) in [5.41, 5.74) is 9.75. The van der Waals surface area contributed by atoms with Gasteiger partial charge in [-0.25, -0.2) is 9.13 Å². The second-order valence-electron chi connectivity index (χ2n) is 12.4. The van der Waals surface area contributed by atoms with E-state index in [9.17, 15) is 58.7 Å². The third kappa shape index (κ3) is 10.0. The highest BCUT2D eigenvalue weighted by atomic mass is 32.5. The molecule has 0 radical (unpaired) electrons. The average Bonchev–Trinajstić information content (AvgIpc) is 3.83. The Labute approximate surface area is 328 Å². The maximum Gasteiger partial charge on any atom is 0.313 e. The minimum Gasteiger partial charge on any atom is -0.812 e. The molecule has 2 aliphatic rings. The van der Waals surface area contributed by atoms with Crippen LogP contribution in [-0.2, 0) is 60.1 Å². The Morgan fingerprint density at radius 3 is 1.84 bits per heavy atom. The number of nitrogen functional groups attached to an aromatic ring is 2. The molecule has 6 heterocycles. The molecular weight excluding hydrogens is 869 g/mol. The average molecular weight is 907 g/mol. The van der Waals surface area contributed by atoms with Crippen molar-refractivity contribution < 1.29 is 90.4 Å². The minimum atomic E-state index is -5.45. The Kier molecular flexibility index (Phi) is 13.8. The van der Waals surface area contributed by atoms with Gasteiger partial charge in [-0.15, -0.1) is 11.8 Å². The normalized spacial score (nSPS) is 27.7. The fourth-order valence-electron chi connectivity index (χ4n) is 5.88. The molecule has 6 rings (SSSR count). The molecule has 4 aromatic heterocycles. The minimum absolute atomic E-state index is 0. The van der Waals surface area contributed by atoms with Gasteiger partial charge in [0.1, 0.15) is 42.7 Å². The van der Waals surface area contributed by atoms with E-state index < -0.39 is 115 Å². The van der Waals surface area contributed by atoms with Gasteiger partial charge in [-0.2, -0.15) is 0 Å². The number of anilines is 2. The maximum atomic E-state index is 12.6. The van der Waals surface area contributed by atoms with Crippen molar-refractivity contribution in [3.63, 3.8) is 0 Å². The van der Waals surface area contributed by atoms with Gasteiger partial charge in [0.2, 0.25) is 23.5 Å². The number of aromatic nitrogens is 8. The zero-order valence-electron chi connectivity index (χ0n) is 28.7. The summed E-state index contributed by atoms with van der Waals surface area (Å²) in [7, 11) is -9.43. The van der Waals surface area contributed by atoms with Crippen LogP contribution in [-0.4, -0.2) is 119 Å². The third-order valence-corrected chi connectivity index (χ3v) is 11.1. The zero-order chi connectivity index (χ0) is 41.8. The monoisotopic (exact) mass is 906 g/mol. The van der Waals surface area contributed by atoms with Crippen LogP contribution in [0.1, 0.15) is 19.9 Å². The van der Waals surface area contributed by atoms with Gasteiger partial charge in [-0.1, -0.05) is 24.1 Å². The largest absolute Gasteiger partial charge is 0.812 e. The maximum absolute atomic E-state index is 12.6. The van der Waals surface area contributed by atoms with Gasteiger partial charge in [0.05, 0.1) is 33.5 Å². The lowest BCUT2D eigenvalue weighted by Crippen LogP contribution is -2.46. The number of phosphoric acid groups is 2. The molecule has 58 heavy (non-hydrogen) atoms. The number of nitrogens with zero attached hydrogens (tertiary/aromatic N) is 5. The number of phosphoric ester groups is 2. The molecule has 2 aliphatic heterocycles. The number of hydrogen-bond donors (Lipinski definition) is 9. The van der Waals surface area contributed by atoms with E-state index in [-0.39, 0.29) is 41.7 Å². The quantitative estimate of drug-likeness (QED) is 0.0372. The Balaban J connectivity index is 0.00000641. The molecule has 0 amide bonds. The second-order valence-corrected chi connectivity index (χ2v) is 17.7. The number of hydrogen-bond acceptors (Lipinski definition) is 24. The number of aryl methyl sites for hydroxylation is 1. The molecule has 0 saturated carbocycles. The van der Waals surface area contributed by atoms with E-state index in [1.807, 2.05) is 0 Å². The molecule has 2 saturated heterocycles. The van der Waals surface area contributed by atoms with E-state index in [0.717, 1.165) is 4.57 Å². The lowest BCUT2D eigenvalue weighted by atomic mass is 10.1. The molecule has 11 N–H and O–H groups in total. The Hall–Kier alpha value is -3.19. The molecule has 0 aliphatic carbocycles. The van der Waals surface area contributed by atoms with Crippen molar-refractivity contribution in [3.05, 3.63) is 33.4 Å². The molecule has 33 heteroatoms. The van der Waals surface area contributed by atoms with Crippen LogP contribution in [0.5, 0.6) is 0 Å². The summed E-state index contributed by atoms with van der Waals surface area (Å²) < 4.78 is 63.1. The molecule has 324 valence electrons.